The summed E-state index contributed by atoms with van der Waals surface area (Å²) in [4.78, 5) is 14.9. The number of methoxy groups -OCH3 is 2. The number of cyclic esters (lactones) is 1. The number of ether oxygens (including phenoxy) is 3. The number of rotatable bonds is 4. The Morgan fingerprint density at radius 3 is 2.58 bits per heavy atom. The van der Waals surface area contributed by atoms with Crippen molar-refractivity contribution in [1.82, 2.24) is 4.98 Å². The number of carbonyl (C=O) groups excluding carboxylic acids is 1. The Hall–Kier alpha value is -2.63. The van der Waals surface area contributed by atoms with Gasteiger partial charge in [0.15, 0.2) is 6.29 Å². The molecule has 0 aliphatic carbocycles. The van der Waals surface area contributed by atoms with Gasteiger partial charge in [-0.3, -0.25) is 0 Å². The number of fused-ring (bicyclic) bond motifs is 2. The fourth-order valence-corrected chi connectivity index (χ4v) is 3.12. The van der Waals surface area contributed by atoms with Crippen molar-refractivity contribution in [2.24, 2.45) is 0 Å². The monoisotopic (exact) mass is 323 g/mol. The zero-order chi connectivity index (χ0) is 16.7. The average Bonchev–Trinajstić information content (AvgIpc) is 3.19. The molecule has 1 aromatic heterocycles. The molecule has 3 aromatic rings. The predicted molar refractivity (Wildman–Crippen MR) is 89.6 cm³/mol. The molecule has 0 atom stereocenters. The molecule has 2 heterocycles. The van der Waals surface area contributed by atoms with Crippen LogP contribution in [0, 0.1) is 0 Å². The van der Waals surface area contributed by atoms with E-state index in [0.29, 0.717) is 12.2 Å². The lowest BCUT2D eigenvalue weighted by Gasteiger charge is -2.10. The lowest BCUT2D eigenvalue weighted by molar-refractivity contribution is -0.108. The minimum absolute atomic E-state index is 0.244. The number of carbonyl (C=O) groups is 1. The van der Waals surface area contributed by atoms with Crippen LogP contribution in [0.2, 0.25) is 0 Å². The molecule has 5 heteroatoms. The van der Waals surface area contributed by atoms with Crippen LogP contribution in [-0.4, -0.2) is 25.2 Å². The van der Waals surface area contributed by atoms with Crippen molar-refractivity contribution in [2.45, 2.75) is 12.9 Å². The molecule has 24 heavy (non-hydrogen) atoms. The SMILES string of the molecule is COC(OC)c1cc2ccc(-c3ccc4c(c3)COC4=O)cc2[nH]1. The van der Waals surface area contributed by atoms with Gasteiger partial charge in [-0.2, -0.15) is 0 Å². The van der Waals surface area contributed by atoms with Gasteiger partial charge in [-0.25, -0.2) is 4.79 Å². The fraction of sp³-hybridized carbons (Fsp3) is 0.211. The summed E-state index contributed by atoms with van der Waals surface area (Å²) in [7, 11) is 3.22. The van der Waals surface area contributed by atoms with Crippen LogP contribution in [-0.2, 0) is 20.8 Å². The molecule has 0 fully saturated rings. The maximum Gasteiger partial charge on any atom is 0.338 e. The third-order valence-corrected chi connectivity index (χ3v) is 4.34. The maximum atomic E-state index is 11.6. The Morgan fingerprint density at radius 1 is 1.04 bits per heavy atom. The van der Waals surface area contributed by atoms with Crippen molar-refractivity contribution < 1.29 is 19.0 Å². The summed E-state index contributed by atoms with van der Waals surface area (Å²) >= 11 is 0. The summed E-state index contributed by atoms with van der Waals surface area (Å²) in [6.07, 6.45) is -0.413. The molecule has 1 N–H and O–H groups in total. The molecule has 0 amide bonds. The highest BCUT2D eigenvalue weighted by Gasteiger charge is 2.21. The molecule has 122 valence electrons. The fourth-order valence-electron chi connectivity index (χ4n) is 3.12. The van der Waals surface area contributed by atoms with E-state index in [4.69, 9.17) is 14.2 Å². The molecule has 2 aromatic carbocycles. The lowest BCUT2D eigenvalue weighted by atomic mass is 10.00. The Labute approximate surface area is 139 Å². The summed E-state index contributed by atoms with van der Waals surface area (Å²) in [6.45, 7) is 0.347. The second-order valence-corrected chi connectivity index (χ2v) is 5.78. The zero-order valence-corrected chi connectivity index (χ0v) is 13.5. The average molecular weight is 323 g/mol. The Kier molecular flexibility index (Phi) is 3.59. The van der Waals surface area contributed by atoms with Crippen molar-refractivity contribution in [3.8, 4) is 11.1 Å². The molecule has 0 saturated heterocycles. The summed E-state index contributed by atoms with van der Waals surface area (Å²) in [5, 5.41) is 1.09. The number of benzene rings is 2. The number of H-pyrrole nitrogens is 1. The molecular weight excluding hydrogens is 306 g/mol. The minimum Gasteiger partial charge on any atom is -0.457 e. The van der Waals surface area contributed by atoms with E-state index in [1.807, 2.05) is 24.3 Å². The molecule has 4 rings (SSSR count). The molecule has 0 radical (unpaired) electrons. The van der Waals surface area contributed by atoms with Crippen molar-refractivity contribution in [3.63, 3.8) is 0 Å². The first-order valence-corrected chi connectivity index (χ1v) is 7.68. The van der Waals surface area contributed by atoms with E-state index < -0.39 is 6.29 Å². The molecule has 1 aliphatic heterocycles. The summed E-state index contributed by atoms with van der Waals surface area (Å²) in [5.74, 6) is -0.244. The highest BCUT2D eigenvalue weighted by molar-refractivity contribution is 5.94. The van der Waals surface area contributed by atoms with E-state index in [1.165, 1.54) is 0 Å². The van der Waals surface area contributed by atoms with Gasteiger partial charge in [-0.1, -0.05) is 18.2 Å². The van der Waals surface area contributed by atoms with E-state index in [1.54, 1.807) is 14.2 Å². The summed E-state index contributed by atoms with van der Waals surface area (Å²) in [6, 6.07) is 14.0. The molecule has 5 nitrogen and oxygen atoms in total. The van der Waals surface area contributed by atoms with Crippen molar-refractivity contribution in [1.29, 1.82) is 0 Å². The number of esters is 1. The lowest BCUT2D eigenvalue weighted by Crippen LogP contribution is -2.03. The van der Waals surface area contributed by atoms with Crippen LogP contribution < -0.4 is 0 Å². The van der Waals surface area contributed by atoms with E-state index in [9.17, 15) is 4.79 Å². The summed E-state index contributed by atoms with van der Waals surface area (Å²) in [5.41, 5.74) is 5.60. The largest absolute Gasteiger partial charge is 0.457 e. The molecule has 0 bridgehead atoms. The minimum atomic E-state index is -0.413. The van der Waals surface area contributed by atoms with E-state index in [2.05, 4.69) is 23.2 Å². The van der Waals surface area contributed by atoms with Crippen LogP contribution in [0.25, 0.3) is 22.0 Å². The van der Waals surface area contributed by atoms with Crippen LogP contribution in [0.3, 0.4) is 0 Å². The predicted octanol–water partition coefficient (Wildman–Crippen LogP) is 3.80. The molecule has 0 spiro atoms. The normalized spacial score (nSPS) is 13.5. The van der Waals surface area contributed by atoms with E-state index in [0.717, 1.165) is 33.3 Å². The van der Waals surface area contributed by atoms with Gasteiger partial charge in [0.1, 0.15) is 6.61 Å². The topological polar surface area (TPSA) is 60.6 Å². The number of aromatic amines is 1. The number of hydrogen-bond donors (Lipinski definition) is 1. The quantitative estimate of drug-likeness (QED) is 0.586. The molecule has 0 unspecified atom stereocenters. The third-order valence-electron chi connectivity index (χ3n) is 4.34. The van der Waals surface area contributed by atoms with Crippen molar-refractivity contribution >= 4 is 16.9 Å². The van der Waals surface area contributed by atoms with Gasteiger partial charge in [0.2, 0.25) is 0 Å². The van der Waals surface area contributed by atoms with Gasteiger partial charge in [-0.05, 0) is 40.8 Å². The van der Waals surface area contributed by atoms with Crippen LogP contribution in [0.5, 0.6) is 0 Å². The van der Waals surface area contributed by atoms with Crippen LogP contribution in [0.4, 0.5) is 0 Å². The Morgan fingerprint density at radius 2 is 1.79 bits per heavy atom. The highest BCUT2D eigenvalue weighted by Crippen LogP contribution is 2.30. The number of hydrogen-bond acceptors (Lipinski definition) is 4. The van der Waals surface area contributed by atoms with Crippen LogP contribution >= 0.6 is 0 Å². The highest BCUT2D eigenvalue weighted by atomic mass is 16.7. The van der Waals surface area contributed by atoms with Gasteiger partial charge >= 0.3 is 5.97 Å². The second-order valence-electron chi connectivity index (χ2n) is 5.78. The molecule has 1 aliphatic rings. The van der Waals surface area contributed by atoms with Crippen LogP contribution in [0.1, 0.15) is 27.9 Å². The van der Waals surface area contributed by atoms with Crippen LogP contribution in [0.15, 0.2) is 42.5 Å². The van der Waals surface area contributed by atoms with E-state index in [-0.39, 0.29) is 5.97 Å². The summed E-state index contributed by atoms with van der Waals surface area (Å²) < 4.78 is 15.6. The molecule has 0 saturated carbocycles. The van der Waals surface area contributed by atoms with Gasteiger partial charge in [-0.15, -0.1) is 0 Å². The van der Waals surface area contributed by atoms with Gasteiger partial charge in [0, 0.05) is 25.3 Å². The number of aromatic nitrogens is 1. The van der Waals surface area contributed by atoms with Gasteiger partial charge in [0.05, 0.1) is 11.3 Å². The Bertz CT molecular complexity index is 924. The smallest absolute Gasteiger partial charge is 0.338 e. The first-order chi connectivity index (χ1) is 11.7. The Balaban J connectivity index is 1.74. The number of nitrogens with one attached hydrogen (secondary N) is 1. The first-order valence-electron chi connectivity index (χ1n) is 7.68. The van der Waals surface area contributed by atoms with Crippen molar-refractivity contribution in [3.05, 3.63) is 59.3 Å². The maximum absolute atomic E-state index is 11.6. The van der Waals surface area contributed by atoms with Crippen molar-refractivity contribution in [2.75, 3.05) is 14.2 Å². The zero-order valence-electron chi connectivity index (χ0n) is 13.5. The van der Waals surface area contributed by atoms with Gasteiger partial charge < -0.3 is 19.2 Å². The standard InChI is InChI=1S/C19H17NO4/c1-22-19(23-2)17-9-13-4-3-12(8-16(13)20-17)11-5-6-15-14(7-11)10-24-18(15)21/h3-9,19-20H,10H2,1-2H3. The third kappa shape index (κ3) is 2.38. The first kappa shape index (κ1) is 14.9. The van der Waals surface area contributed by atoms with Gasteiger partial charge in [0.25, 0.3) is 0 Å². The second kappa shape index (κ2) is 5.78. The molecular formula is C19H17NO4. The van der Waals surface area contributed by atoms with E-state index >= 15 is 0 Å².